The van der Waals surface area contributed by atoms with E-state index in [1.54, 1.807) is 0 Å². The Morgan fingerprint density at radius 2 is 1.94 bits per heavy atom. The topological polar surface area (TPSA) is 59.6 Å². The molecule has 2 heterocycles. The fourth-order valence-corrected chi connectivity index (χ4v) is 2.61. The molecule has 0 saturated carbocycles. The number of nitrogens with zero attached hydrogens (tertiary/aromatic N) is 3. The van der Waals surface area contributed by atoms with Crippen molar-refractivity contribution in [1.82, 2.24) is 19.9 Å². The van der Waals surface area contributed by atoms with Gasteiger partial charge in [-0.05, 0) is 33.0 Å². The second-order valence-corrected chi connectivity index (χ2v) is 5.21. The van der Waals surface area contributed by atoms with Crippen molar-refractivity contribution < 1.29 is 4.52 Å². The molecule has 6 heteroatoms. The molecule has 2 rings (SSSR count). The molecule has 1 N–H and O–H groups in total. The van der Waals surface area contributed by atoms with E-state index in [1.165, 1.54) is 0 Å². The molecule has 0 aliphatic carbocycles. The van der Waals surface area contributed by atoms with Crippen LogP contribution in [0, 0.1) is 18.6 Å². The van der Waals surface area contributed by atoms with Gasteiger partial charge in [-0.25, -0.2) is 0 Å². The molecular formula is C12H18N4OS. The number of aromatic nitrogens is 4. The SMILES string of the molecule is Cc1noc(C)c1C(C)n1c(C(C)C)n[nH]c1=S. The molecule has 0 spiro atoms. The van der Waals surface area contributed by atoms with Gasteiger partial charge in [0.05, 0.1) is 11.7 Å². The molecule has 0 fully saturated rings. The van der Waals surface area contributed by atoms with E-state index in [0.29, 0.717) is 10.7 Å². The van der Waals surface area contributed by atoms with E-state index in [2.05, 4.69) is 36.1 Å². The van der Waals surface area contributed by atoms with Gasteiger partial charge in [-0.3, -0.25) is 9.67 Å². The van der Waals surface area contributed by atoms with Crippen molar-refractivity contribution in [1.29, 1.82) is 0 Å². The van der Waals surface area contributed by atoms with E-state index in [9.17, 15) is 0 Å². The van der Waals surface area contributed by atoms with Gasteiger partial charge in [0.1, 0.15) is 11.6 Å². The fraction of sp³-hybridized carbons (Fsp3) is 0.583. The van der Waals surface area contributed by atoms with Gasteiger partial charge in [0.2, 0.25) is 0 Å². The number of aromatic amines is 1. The van der Waals surface area contributed by atoms with Crippen LogP contribution >= 0.6 is 12.2 Å². The molecule has 0 amide bonds. The van der Waals surface area contributed by atoms with Crippen LogP contribution in [0.3, 0.4) is 0 Å². The molecule has 0 aromatic carbocycles. The summed E-state index contributed by atoms with van der Waals surface area (Å²) in [6.45, 7) is 10.2. The van der Waals surface area contributed by atoms with Crippen molar-refractivity contribution in [3.63, 3.8) is 0 Å². The molecule has 2 aromatic heterocycles. The molecule has 2 aromatic rings. The van der Waals surface area contributed by atoms with Crippen LogP contribution in [0.2, 0.25) is 0 Å². The third-order valence-electron chi connectivity index (χ3n) is 3.14. The first-order valence-corrected chi connectivity index (χ1v) is 6.43. The summed E-state index contributed by atoms with van der Waals surface area (Å²) in [6.07, 6.45) is 0. The van der Waals surface area contributed by atoms with Crippen LogP contribution in [0.15, 0.2) is 4.52 Å². The quantitative estimate of drug-likeness (QED) is 0.866. The van der Waals surface area contributed by atoms with E-state index in [4.69, 9.17) is 16.7 Å². The van der Waals surface area contributed by atoms with Crippen molar-refractivity contribution >= 4 is 12.2 Å². The normalized spacial score (nSPS) is 13.2. The average molecular weight is 266 g/mol. The van der Waals surface area contributed by atoms with E-state index in [1.807, 2.05) is 18.4 Å². The minimum absolute atomic E-state index is 0.0694. The molecule has 1 unspecified atom stereocenters. The Hall–Kier alpha value is -1.43. The first-order valence-electron chi connectivity index (χ1n) is 6.03. The van der Waals surface area contributed by atoms with Crippen LogP contribution in [-0.4, -0.2) is 19.9 Å². The zero-order valence-corrected chi connectivity index (χ0v) is 12.1. The summed E-state index contributed by atoms with van der Waals surface area (Å²) < 4.78 is 7.89. The molecule has 1 atom stereocenters. The van der Waals surface area contributed by atoms with Crippen LogP contribution in [0.25, 0.3) is 0 Å². The number of hydrogen-bond donors (Lipinski definition) is 1. The summed E-state index contributed by atoms with van der Waals surface area (Å²) in [5, 5.41) is 11.2. The molecule has 0 saturated heterocycles. The number of hydrogen-bond acceptors (Lipinski definition) is 4. The van der Waals surface area contributed by atoms with Crippen LogP contribution < -0.4 is 0 Å². The lowest BCUT2D eigenvalue weighted by Gasteiger charge is -2.17. The predicted octanol–water partition coefficient (Wildman–Crippen LogP) is 3.28. The Labute approximate surface area is 111 Å². The summed E-state index contributed by atoms with van der Waals surface area (Å²) in [5.74, 6) is 2.09. The average Bonchev–Trinajstić information content (AvgIpc) is 2.82. The molecule has 0 aliphatic heterocycles. The highest BCUT2D eigenvalue weighted by Gasteiger charge is 2.22. The Bertz CT molecular complexity index is 588. The standard InChI is InChI=1S/C12H18N4OS/c1-6(2)11-13-14-12(18)16(11)8(4)10-7(3)15-17-9(10)5/h6,8H,1-5H3,(H,14,18). The zero-order valence-electron chi connectivity index (χ0n) is 11.3. The smallest absolute Gasteiger partial charge is 0.195 e. The minimum Gasteiger partial charge on any atom is -0.361 e. The number of aryl methyl sites for hydroxylation is 2. The summed E-state index contributed by atoms with van der Waals surface area (Å²) in [6, 6.07) is 0.0694. The van der Waals surface area contributed by atoms with E-state index in [0.717, 1.165) is 22.8 Å². The van der Waals surface area contributed by atoms with Gasteiger partial charge in [0.25, 0.3) is 0 Å². The highest BCUT2D eigenvalue weighted by molar-refractivity contribution is 7.71. The van der Waals surface area contributed by atoms with Crippen molar-refractivity contribution in [2.45, 2.75) is 46.6 Å². The maximum absolute atomic E-state index is 5.32. The van der Waals surface area contributed by atoms with Gasteiger partial charge < -0.3 is 4.52 Å². The molecular weight excluding hydrogens is 248 g/mol. The zero-order chi connectivity index (χ0) is 13.4. The van der Waals surface area contributed by atoms with Crippen molar-refractivity contribution in [3.05, 3.63) is 27.6 Å². The minimum atomic E-state index is 0.0694. The third kappa shape index (κ3) is 2.01. The van der Waals surface area contributed by atoms with Crippen molar-refractivity contribution in [3.8, 4) is 0 Å². The van der Waals surface area contributed by atoms with Gasteiger partial charge in [0.15, 0.2) is 4.77 Å². The summed E-state index contributed by atoms with van der Waals surface area (Å²) in [5.41, 5.74) is 1.98. The predicted molar refractivity (Wildman–Crippen MR) is 71.3 cm³/mol. The molecule has 98 valence electrons. The molecule has 5 nitrogen and oxygen atoms in total. The van der Waals surface area contributed by atoms with Gasteiger partial charge in [-0.2, -0.15) is 5.10 Å². The van der Waals surface area contributed by atoms with Crippen molar-refractivity contribution in [2.75, 3.05) is 0 Å². The van der Waals surface area contributed by atoms with Crippen LogP contribution in [0.1, 0.15) is 55.6 Å². The Balaban J connectivity index is 2.56. The number of nitrogens with one attached hydrogen (secondary N) is 1. The maximum atomic E-state index is 5.32. The van der Waals surface area contributed by atoms with Crippen LogP contribution in [-0.2, 0) is 0 Å². The fourth-order valence-electron chi connectivity index (χ4n) is 2.31. The maximum Gasteiger partial charge on any atom is 0.195 e. The van der Waals surface area contributed by atoms with Gasteiger partial charge in [-0.1, -0.05) is 19.0 Å². The van der Waals surface area contributed by atoms with Gasteiger partial charge >= 0.3 is 0 Å². The monoisotopic (exact) mass is 266 g/mol. The Morgan fingerprint density at radius 1 is 1.28 bits per heavy atom. The summed E-state index contributed by atoms with van der Waals surface area (Å²) in [7, 11) is 0. The first kappa shape index (κ1) is 13.0. The summed E-state index contributed by atoms with van der Waals surface area (Å²) >= 11 is 5.32. The van der Waals surface area contributed by atoms with Crippen LogP contribution in [0.5, 0.6) is 0 Å². The summed E-state index contributed by atoms with van der Waals surface area (Å²) in [4.78, 5) is 0. The molecule has 18 heavy (non-hydrogen) atoms. The second-order valence-electron chi connectivity index (χ2n) is 4.83. The Morgan fingerprint density at radius 3 is 2.44 bits per heavy atom. The van der Waals surface area contributed by atoms with Crippen LogP contribution in [0.4, 0.5) is 0 Å². The van der Waals surface area contributed by atoms with E-state index >= 15 is 0 Å². The second kappa shape index (κ2) is 4.68. The first-order chi connectivity index (χ1) is 8.43. The lowest BCUT2D eigenvalue weighted by Crippen LogP contribution is -2.13. The number of rotatable bonds is 3. The molecule has 0 aliphatic rings. The van der Waals surface area contributed by atoms with Crippen molar-refractivity contribution in [2.24, 2.45) is 0 Å². The number of H-pyrrole nitrogens is 1. The lowest BCUT2D eigenvalue weighted by molar-refractivity contribution is 0.390. The highest BCUT2D eigenvalue weighted by atomic mass is 32.1. The third-order valence-corrected chi connectivity index (χ3v) is 3.43. The lowest BCUT2D eigenvalue weighted by atomic mass is 10.1. The van der Waals surface area contributed by atoms with E-state index in [-0.39, 0.29) is 6.04 Å². The molecule has 0 radical (unpaired) electrons. The Kier molecular flexibility index (Phi) is 3.38. The van der Waals surface area contributed by atoms with E-state index < -0.39 is 0 Å². The highest BCUT2D eigenvalue weighted by Crippen LogP contribution is 2.27. The largest absolute Gasteiger partial charge is 0.361 e. The van der Waals surface area contributed by atoms with Gasteiger partial charge in [-0.15, -0.1) is 0 Å². The van der Waals surface area contributed by atoms with Gasteiger partial charge in [0, 0.05) is 11.5 Å². The molecule has 0 bridgehead atoms.